The number of hydrogen-bond donors (Lipinski definition) is 1. The highest BCUT2D eigenvalue weighted by Gasteiger charge is 2.21. The summed E-state index contributed by atoms with van der Waals surface area (Å²) in [6, 6.07) is 0.372. The van der Waals surface area contributed by atoms with Gasteiger partial charge in [-0.2, -0.15) is 0 Å². The third-order valence-electron chi connectivity index (χ3n) is 3.09. The highest BCUT2D eigenvalue weighted by atomic mass is 16.5. The number of methoxy groups -OCH3 is 1. The summed E-state index contributed by atoms with van der Waals surface area (Å²) in [6.45, 7) is 4.05. The van der Waals surface area contributed by atoms with Gasteiger partial charge in [-0.1, -0.05) is 6.92 Å². The third-order valence-corrected chi connectivity index (χ3v) is 3.09. The minimum atomic E-state index is -0.325. The predicted octanol–water partition coefficient (Wildman–Crippen LogP) is 1.72. The molecule has 0 bridgehead atoms. The third kappa shape index (κ3) is 3.29. The Kier molecular flexibility index (Phi) is 4.39. The van der Waals surface area contributed by atoms with E-state index in [4.69, 9.17) is 4.74 Å². The fraction of sp³-hybridized carbons (Fsp3) is 0.909. The highest BCUT2D eigenvalue weighted by molar-refractivity contribution is 5.80. The molecule has 0 aliphatic heterocycles. The Bertz CT molecular complexity index is 186. The van der Waals surface area contributed by atoms with Crippen LogP contribution in [0.5, 0.6) is 0 Å². The van der Waals surface area contributed by atoms with Crippen LogP contribution in [0.2, 0.25) is 0 Å². The monoisotopic (exact) mass is 199 g/mol. The molecule has 14 heavy (non-hydrogen) atoms. The van der Waals surface area contributed by atoms with Gasteiger partial charge in [0.15, 0.2) is 0 Å². The van der Waals surface area contributed by atoms with Crippen LogP contribution in [-0.2, 0) is 9.53 Å². The summed E-state index contributed by atoms with van der Waals surface area (Å²) < 4.78 is 4.96. The van der Waals surface area contributed by atoms with E-state index < -0.39 is 0 Å². The summed E-state index contributed by atoms with van der Waals surface area (Å²) in [5, 5.41) is 3.03. The summed E-state index contributed by atoms with van der Waals surface area (Å²) in [5.41, 5.74) is 0. The van der Waals surface area contributed by atoms with Crippen molar-refractivity contribution in [3.05, 3.63) is 0 Å². The summed E-state index contributed by atoms with van der Waals surface area (Å²) in [7, 11) is 1.56. The number of hydrogen-bond acceptors (Lipinski definition) is 2. The van der Waals surface area contributed by atoms with Crippen LogP contribution in [0.15, 0.2) is 0 Å². The molecule has 1 rings (SSSR count). The molecule has 1 saturated carbocycles. The summed E-state index contributed by atoms with van der Waals surface area (Å²) >= 11 is 0. The van der Waals surface area contributed by atoms with E-state index in [1.807, 2.05) is 0 Å². The van der Waals surface area contributed by atoms with Crippen molar-refractivity contribution >= 4 is 5.91 Å². The summed E-state index contributed by atoms with van der Waals surface area (Å²) in [6.07, 6.45) is 4.36. The molecule has 0 spiro atoms. The van der Waals surface area contributed by atoms with Crippen molar-refractivity contribution in [1.29, 1.82) is 0 Å². The topological polar surface area (TPSA) is 38.3 Å². The van der Waals surface area contributed by atoms with Crippen molar-refractivity contribution < 1.29 is 9.53 Å². The van der Waals surface area contributed by atoms with Gasteiger partial charge in [-0.15, -0.1) is 0 Å². The van der Waals surface area contributed by atoms with E-state index in [9.17, 15) is 4.79 Å². The molecule has 0 saturated heterocycles. The summed E-state index contributed by atoms with van der Waals surface area (Å²) in [4.78, 5) is 11.5. The first-order valence-electron chi connectivity index (χ1n) is 5.46. The van der Waals surface area contributed by atoms with Gasteiger partial charge in [-0.25, -0.2) is 0 Å². The van der Waals surface area contributed by atoms with E-state index in [0.717, 1.165) is 18.8 Å². The Morgan fingerprint density at radius 1 is 1.36 bits per heavy atom. The maximum Gasteiger partial charge on any atom is 0.249 e. The van der Waals surface area contributed by atoms with Gasteiger partial charge in [0.1, 0.15) is 6.10 Å². The van der Waals surface area contributed by atoms with Gasteiger partial charge in [0.05, 0.1) is 0 Å². The van der Waals surface area contributed by atoms with Crippen LogP contribution in [0.1, 0.15) is 39.5 Å². The molecule has 0 aromatic heterocycles. The first-order chi connectivity index (χ1) is 6.63. The van der Waals surface area contributed by atoms with Crippen molar-refractivity contribution in [3.63, 3.8) is 0 Å². The molecular weight excluding hydrogens is 178 g/mol. The molecule has 82 valence electrons. The lowest BCUT2D eigenvalue weighted by atomic mass is 9.87. The fourth-order valence-corrected chi connectivity index (χ4v) is 1.83. The minimum absolute atomic E-state index is 0.0204. The van der Waals surface area contributed by atoms with Gasteiger partial charge >= 0.3 is 0 Å². The van der Waals surface area contributed by atoms with E-state index >= 15 is 0 Å². The molecule has 1 N–H and O–H groups in total. The number of nitrogens with one attached hydrogen (secondary N) is 1. The maximum atomic E-state index is 11.5. The predicted molar refractivity (Wildman–Crippen MR) is 56.0 cm³/mol. The van der Waals surface area contributed by atoms with Crippen LogP contribution in [0.4, 0.5) is 0 Å². The normalized spacial score (nSPS) is 29.6. The molecule has 0 radical (unpaired) electrons. The van der Waals surface area contributed by atoms with Crippen LogP contribution >= 0.6 is 0 Å². The van der Waals surface area contributed by atoms with Gasteiger partial charge in [0.25, 0.3) is 0 Å². The van der Waals surface area contributed by atoms with Crippen molar-refractivity contribution in [2.24, 2.45) is 5.92 Å². The lowest BCUT2D eigenvalue weighted by Crippen LogP contribution is -2.42. The van der Waals surface area contributed by atoms with E-state index in [-0.39, 0.29) is 12.0 Å². The van der Waals surface area contributed by atoms with E-state index in [1.54, 1.807) is 14.0 Å². The zero-order valence-electron chi connectivity index (χ0n) is 9.38. The molecule has 1 aliphatic rings. The largest absolute Gasteiger partial charge is 0.372 e. The summed E-state index contributed by atoms with van der Waals surface area (Å²) in [5.74, 6) is 0.843. The molecule has 1 fully saturated rings. The van der Waals surface area contributed by atoms with E-state index in [0.29, 0.717) is 6.04 Å². The number of amides is 1. The lowest BCUT2D eigenvalue weighted by molar-refractivity contribution is -0.131. The smallest absolute Gasteiger partial charge is 0.249 e. The molecule has 0 aromatic rings. The molecule has 3 nitrogen and oxygen atoms in total. The number of ether oxygens (including phenoxy) is 1. The maximum absolute atomic E-state index is 11.5. The number of carbonyl (C=O) groups is 1. The van der Waals surface area contributed by atoms with Crippen molar-refractivity contribution in [2.75, 3.05) is 7.11 Å². The quantitative estimate of drug-likeness (QED) is 0.751. The second kappa shape index (κ2) is 5.35. The van der Waals surface area contributed by atoms with Crippen LogP contribution in [0.25, 0.3) is 0 Å². The van der Waals surface area contributed by atoms with E-state index in [2.05, 4.69) is 12.2 Å². The Balaban J connectivity index is 2.27. The molecule has 0 aromatic carbocycles. The van der Waals surface area contributed by atoms with Crippen LogP contribution in [-0.4, -0.2) is 25.2 Å². The van der Waals surface area contributed by atoms with Gasteiger partial charge in [0.2, 0.25) is 5.91 Å². The number of rotatable bonds is 3. The van der Waals surface area contributed by atoms with Crippen LogP contribution in [0.3, 0.4) is 0 Å². The zero-order valence-corrected chi connectivity index (χ0v) is 9.38. The molecule has 1 aliphatic carbocycles. The molecule has 1 unspecified atom stereocenters. The molecular formula is C11H21NO2. The Hall–Kier alpha value is -0.570. The zero-order chi connectivity index (χ0) is 10.6. The van der Waals surface area contributed by atoms with Crippen molar-refractivity contribution in [1.82, 2.24) is 5.32 Å². The van der Waals surface area contributed by atoms with Crippen LogP contribution < -0.4 is 5.32 Å². The second-order valence-electron chi connectivity index (χ2n) is 4.34. The van der Waals surface area contributed by atoms with Gasteiger partial charge in [-0.05, 0) is 38.5 Å². The van der Waals surface area contributed by atoms with Gasteiger partial charge in [-0.3, -0.25) is 4.79 Å². The highest BCUT2D eigenvalue weighted by Crippen LogP contribution is 2.23. The van der Waals surface area contributed by atoms with Crippen LogP contribution in [0, 0.1) is 5.92 Å². The average molecular weight is 199 g/mol. The Morgan fingerprint density at radius 2 is 1.93 bits per heavy atom. The molecule has 1 atom stereocenters. The SMILES string of the molecule is COC(C)C(=O)NC1CCC(C)CC1. The standard InChI is InChI=1S/C11H21NO2/c1-8-4-6-10(7-5-8)12-11(13)9(2)14-3/h8-10H,4-7H2,1-3H3,(H,12,13). The Morgan fingerprint density at radius 3 is 2.43 bits per heavy atom. The van der Waals surface area contributed by atoms with Gasteiger partial charge < -0.3 is 10.1 Å². The van der Waals surface area contributed by atoms with E-state index in [1.165, 1.54) is 12.8 Å². The Labute approximate surface area is 86.2 Å². The number of carbonyl (C=O) groups excluding carboxylic acids is 1. The van der Waals surface area contributed by atoms with Gasteiger partial charge in [0, 0.05) is 13.2 Å². The molecule has 3 heteroatoms. The molecule has 1 amide bonds. The first-order valence-corrected chi connectivity index (χ1v) is 5.46. The lowest BCUT2D eigenvalue weighted by Gasteiger charge is -2.27. The van der Waals surface area contributed by atoms with Crippen molar-refractivity contribution in [2.45, 2.75) is 51.7 Å². The molecule has 0 heterocycles. The fourth-order valence-electron chi connectivity index (χ4n) is 1.83. The second-order valence-corrected chi connectivity index (χ2v) is 4.34. The average Bonchev–Trinajstić information content (AvgIpc) is 2.20. The first kappa shape index (κ1) is 11.5. The van der Waals surface area contributed by atoms with Crippen molar-refractivity contribution in [3.8, 4) is 0 Å². The minimum Gasteiger partial charge on any atom is -0.372 e.